The van der Waals surface area contributed by atoms with E-state index in [1.807, 2.05) is 44.2 Å². The van der Waals surface area contributed by atoms with Gasteiger partial charge in [0.25, 0.3) is 11.7 Å². The standard InChI is InChI=1S/C27H33NO5/c1-5-7-14-28-24(19-10-8-12-21(15-19)32-6-2)23(26(30)27(28)31)25(29)20-11-9-13-22(16-20)33-17-18(3)4/h8-13,15-16,18,24,29H,5-7,14,17H2,1-4H3/b25-23-. The summed E-state index contributed by atoms with van der Waals surface area (Å²) >= 11 is 0. The predicted octanol–water partition coefficient (Wildman–Crippen LogP) is 5.34. The summed E-state index contributed by atoms with van der Waals surface area (Å²) in [5.41, 5.74) is 1.26. The first kappa shape index (κ1) is 24.4. The van der Waals surface area contributed by atoms with Crippen molar-refractivity contribution in [3.63, 3.8) is 0 Å². The fourth-order valence-electron chi connectivity index (χ4n) is 3.88. The Hall–Kier alpha value is -3.28. The number of hydrogen-bond acceptors (Lipinski definition) is 5. The molecule has 6 heteroatoms. The van der Waals surface area contributed by atoms with E-state index in [0.717, 1.165) is 18.4 Å². The van der Waals surface area contributed by atoms with E-state index in [2.05, 4.69) is 13.8 Å². The lowest BCUT2D eigenvalue weighted by atomic mass is 9.95. The van der Waals surface area contributed by atoms with E-state index in [4.69, 9.17) is 9.47 Å². The van der Waals surface area contributed by atoms with Crippen molar-refractivity contribution in [2.45, 2.75) is 46.6 Å². The van der Waals surface area contributed by atoms with Gasteiger partial charge in [0.05, 0.1) is 24.8 Å². The normalized spacial score (nSPS) is 17.6. The number of rotatable bonds is 10. The number of unbranched alkanes of at least 4 members (excludes halogenated alkanes) is 1. The van der Waals surface area contributed by atoms with E-state index in [9.17, 15) is 14.7 Å². The highest BCUT2D eigenvalue weighted by Gasteiger charge is 2.45. The van der Waals surface area contributed by atoms with E-state index >= 15 is 0 Å². The highest BCUT2D eigenvalue weighted by Crippen LogP contribution is 2.40. The van der Waals surface area contributed by atoms with Gasteiger partial charge in [-0.3, -0.25) is 9.59 Å². The Balaban J connectivity index is 2.09. The average molecular weight is 452 g/mol. The molecule has 6 nitrogen and oxygen atoms in total. The largest absolute Gasteiger partial charge is 0.507 e. The van der Waals surface area contributed by atoms with Crippen LogP contribution in [-0.2, 0) is 9.59 Å². The van der Waals surface area contributed by atoms with Gasteiger partial charge in [0.1, 0.15) is 17.3 Å². The molecular formula is C27H33NO5. The van der Waals surface area contributed by atoms with Crippen molar-refractivity contribution in [2.24, 2.45) is 5.92 Å². The fraction of sp³-hybridized carbons (Fsp3) is 0.407. The molecule has 33 heavy (non-hydrogen) atoms. The van der Waals surface area contributed by atoms with E-state index in [0.29, 0.717) is 42.7 Å². The number of carbonyl (C=O) groups is 2. The van der Waals surface area contributed by atoms with Gasteiger partial charge < -0.3 is 19.5 Å². The number of Topliss-reactive ketones (excluding diaryl/α,β-unsaturated/α-hetero) is 1. The monoisotopic (exact) mass is 451 g/mol. The van der Waals surface area contributed by atoms with E-state index in [1.165, 1.54) is 0 Å². The zero-order valence-electron chi connectivity index (χ0n) is 19.8. The molecule has 0 spiro atoms. The van der Waals surface area contributed by atoms with Gasteiger partial charge in [0.15, 0.2) is 0 Å². The molecule has 2 aromatic rings. The lowest BCUT2D eigenvalue weighted by Gasteiger charge is -2.25. The summed E-state index contributed by atoms with van der Waals surface area (Å²) in [7, 11) is 0. The molecule has 1 amide bonds. The summed E-state index contributed by atoms with van der Waals surface area (Å²) in [6.07, 6.45) is 1.64. The number of aliphatic hydroxyl groups excluding tert-OH is 1. The number of carbonyl (C=O) groups excluding carboxylic acids is 2. The van der Waals surface area contributed by atoms with Crippen molar-refractivity contribution < 1.29 is 24.2 Å². The van der Waals surface area contributed by atoms with Gasteiger partial charge in [-0.1, -0.05) is 51.5 Å². The third kappa shape index (κ3) is 5.56. The lowest BCUT2D eigenvalue weighted by molar-refractivity contribution is -0.139. The number of likely N-dealkylation sites (tertiary alicyclic amines) is 1. The molecule has 0 bridgehead atoms. The first-order chi connectivity index (χ1) is 15.9. The minimum absolute atomic E-state index is 0.0887. The molecule has 0 saturated carbocycles. The summed E-state index contributed by atoms with van der Waals surface area (Å²) < 4.78 is 11.4. The third-order valence-corrected chi connectivity index (χ3v) is 5.47. The fourth-order valence-corrected chi connectivity index (χ4v) is 3.88. The molecule has 1 unspecified atom stereocenters. The molecule has 0 radical (unpaired) electrons. The minimum atomic E-state index is -0.683. The maximum absolute atomic E-state index is 13.1. The summed E-state index contributed by atoms with van der Waals surface area (Å²) in [5.74, 6) is 0.133. The van der Waals surface area contributed by atoms with Crippen molar-refractivity contribution in [1.29, 1.82) is 0 Å². The molecule has 1 heterocycles. The topological polar surface area (TPSA) is 76.1 Å². The molecule has 0 aliphatic carbocycles. The van der Waals surface area contributed by atoms with E-state index in [1.54, 1.807) is 23.1 Å². The predicted molar refractivity (Wildman–Crippen MR) is 128 cm³/mol. The van der Waals surface area contributed by atoms with Crippen molar-refractivity contribution in [1.82, 2.24) is 4.90 Å². The van der Waals surface area contributed by atoms with Crippen LogP contribution in [0, 0.1) is 5.92 Å². The molecule has 1 aliphatic rings. The van der Waals surface area contributed by atoms with Gasteiger partial charge >= 0.3 is 0 Å². The maximum atomic E-state index is 13.1. The smallest absolute Gasteiger partial charge is 0.295 e. The molecule has 2 aromatic carbocycles. The van der Waals surface area contributed by atoms with Crippen LogP contribution < -0.4 is 9.47 Å². The Labute approximate surface area is 195 Å². The lowest BCUT2D eigenvalue weighted by Crippen LogP contribution is -2.30. The van der Waals surface area contributed by atoms with Gasteiger partial charge in [0.2, 0.25) is 0 Å². The Morgan fingerprint density at radius 3 is 2.39 bits per heavy atom. The van der Waals surface area contributed by atoms with Crippen molar-refractivity contribution >= 4 is 17.4 Å². The van der Waals surface area contributed by atoms with Crippen LogP contribution in [0.15, 0.2) is 54.1 Å². The Bertz CT molecular complexity index is 1030. The van der Waals surface area contributed by atoms with Crippen molar-refractivity contribution in [3.05, 3.63) is 65.2 Å². The van der Waals surface area contributed by atoms with E-state index in [-0.39, 0.29) is 11.3 Å². The van der Waals surface area contributed by atoms with Gasteiger partial charge in [-0.2, -0.15) is 0 Å². The SMILES string of the molecule is CCCCN1C(=O)C(=O)/C(=C(\O)c2cccc(OCC(C)C)c2)C1c1cccc(OCC)c1. The second kappa shape index (κ2) is 11.0. The maximum Gasteiger partial charge on any atom is 0.295 e. The Morgan fingerprint density at radius 1 is 1.03 bits per heavy atom. The van der Waals surface area contributed by atoms with Gasteiger partial charge in [-0.15, -0.1) is 0 Å². The second-order valence-electron chi connectivity index (χ2n) is 8.58. The highest BCUT2D eigenvalue weighted by atomic mass is 16.5. The quantitative estimate of drug-likeness (QED) is 0.300. The first-order valence-electron chi connectivity index (χ1n) is 11.6. The highest BCUT2D eigenvalue weighted by molar-refractivity contribution is 6.46. The Morgan fingerprint density at radius 2 is 1.73 bits per heavy atom. The zero-order valence-corrected chi connectivity index (χ0v) is 19.8. The van der Waals surface area contributed by atoms with Gasteiger partial charge in [-0.05, 0) is 49.1 Å². The molecule has 1 atom stereocenters. The van der Waals surface area contributed by atoms with Crippen LogP contribution in [0.4, 0.5) is 0 Å². The second-order valence-corrected chi connectivity index (χ2v) is 8.58. The molecule has 0 aromatic heterocycles. The number of benzene rings is 2. The van der Waals surface area contributed by atoms with Gasteiger partial charge in [0, 0.05) is 12.1 Å². The molecule has 1 N–H and O–H groups in total. The van der Waals surface area contributed by atoms with E-state index < -0.39 is 17.7 Å². The number of ether oxygens (including phenoxy) is 2. The first-order valence-corrected chi connectivity index (χ1v) is 11.6. The number of nitrogens with zero attached hydrogens (tertiary/aromatic N) is 1. The number of hydrogen-bond donors (Lipinski definition) is 1. The summed E-state index contributed by atoms with van der Waals surface area (Å²) in [4.78, 5) is 27.6. The Kier molecular flexibility index (Phi) is 8.15. The molecule has 1 saturated heterocycles. The molecular weight excluding hydrogens is 418 g/mol. The van der Waals surface area contributed by atoms with Crippen LogP contribution in [0.25, 0.3) is 5.76 Å². The van der Waals surface area contributed by atoms with Crippen LogP contribution in [0.1, 0.15) is 57.7 Å². The molecule has 3 rings (SSSR count). The van der Waals surface area contributed by atoms with Crippen LogP contribution in [0.3, 0.4) is 0 Å². The molecule has 1 aliphatic heterocycles. The van der Waals surface area contributed by atoms with Gasteiger partial charge in [-0.25, -0.2) is 0 Å². The zero-order chi connectivity index (χ0) is 24.0. The minimum Gasteiger partial charge on any atom is -0.507 e. The van der Waals surface area contributed by atoms with Crippen LogP contribution in [0.2, 0.25) is 0 Å². The third-order valence-electron chi connectivity index (χ3n) is 5.47. The molecule has 176 valence electrons. The summed E-state index contributed by atoms with van der Waals surface area (Å²) in [6.45, 7) is 9.51. The molecule has 1 fully saturated rings. The van der Waals surface area contributed by atoms with Crippen LogP contribution >= 0.6 is 0 Å². The van der Waals surface area contributed by atoms with Crippen LogP contribution in [-0.4, -0.2) is 41.5 Å². The number of amides is 1. The van der Waals surface area contributed by atoms with Crippen molar-refractivity contribution in [3.8, 4) is 11.5 Å². The average Bonchev–Trinajstić information content (AvgIpc) is 3.06. The van der Waals surface area contributed by atoms with Crippen molar-refractivity contribution in [2.75, 3.05) is 19.8 Å². The summed E-state index contributed by atoms with van der Waals surface area (Å²) in [5, 5.41) is 11.3. The number of ketones is 1. The summed E-state index contributed by atoms with van der Waals surface area (Å²) in [6, 6.07) is 13.7. The van der Waals surface area contributed by atoms with Crippen LogP contribution in [0.5, 0.6) is 11.5 Å². The number of aliphatic hydroxyl groups is 1.